The summed E-state index contributed by atoms with van der Waals surface area (Å²) in [7, 11) is 0. The van der Waals surface area contributed by atoms with Gasteiger partial charge in [0.05, 0.1) is 12.3 Å². The molecule has 1 atom stereocenters. The molecule has 10 heteroatoms. The van der Waals surface area contributed by atoms with Gasteiger partial charge in [-0.05, 0) is 95.0 Å². The Morgan fingerprint density at radius 3 is 2.51 bits per heavy atom. The zero-order chi connectivity index (χ0) is 29.1. The number of nitrogens with one attached hydrogen (secondary N) is 2. The van der Waals surface area contributed by atoms with Crippen molar-refractivity contribution in [2.24, 2.45) is 5.92 Å². The minimum Gasteiger partial charge on any atom is -0.461 e. The van der Waals surface area contributed by atoms with Crippen LogP contribution < -0.4 is 10.8 Å². The summed E-state index contributed by atoms with van der Waals surface area (Å²) < 4.78 is 17.0. The number of carbonyl (C=O) groups excluding carboxylic acids is 2. The van der Waals surface area contributed by atoms with Crippen LogP contribution in [-0.2, 0) is 35.2 Å². The minimum atomic E-state index is -0.621. The molecule has 3 heterocycles. The lowest BCUT2D eigenvalue weighted by atomic mass is 9.87. The van der Waals surface area contributed by atoms with E-state index in [0.29, 0.717) is 44.3 Å². The quantitative estimate of drug-likeness (QED) is 0.158. The number of hydroxylamine groups is 1. The second-order valence-electron chi connectivity index (χ2n) is 12.0. The monoisotopic (exact) mass is 572 g/mol. The lowest BCUT2D eigenvalue weighted by Gasteiger charge is -2.42. The van der Waals surface area contributed by atoms with E-state index in [2.05, 4.69) is 20.7 Å². The number of hydrogen-bond acceptors (Lipinski definition) is 9. The third-order valence-corrected chi connectivity index (χ3v) is 8.03. The number of carbonyl (C=O) groups is 2. The molecule has 4 rings (SSSR count). The highest BCUT2D eigenvalue weighted by molar-refractivity contribution is 5.90. The summed E-state index contributed by atoms with van der Waals surface area (Å²) in [5.41, 5.74) is 3.57. The lowest BCUT2D eigenvalue weighted by Crippen LogP contribution is -2.61. The highest BCUT2D eigenvalue weighted by Crippen LogP contribution is 2.29. The van der Waals surface area contributed by atoms with Gasteiger partial charge in [0, 0.05) is 38.1 Å². The van der Waals surface area contributed by atoms with E-state index in [1.165, 1.54) is 6.08 Å². The first-order valence-electron chi connectivity index (χ1n) is 15.3. The van der Waals surface area contributed by atoms with E-state index in [9.17, 15) is 9.59 Å². The number of piperidine rings is 1. The molecule has 2 aliphatic heterocycles. The maximum absolute atomic E-state index is 13.3. The maximum atomic E-state index is 13.3. The van der Waals surface area contributed by atoms with Crippen LogP contribution in [0.5, 0.6) is 0 Å². The van der Waals surface area contributed by atoms with Crippen LogP contribution in [0, 0.1) is 5.92 Å². The number of nitrogens with zero attached hydrogens (tertiary/aromatic N) is 2. The van der Waals surface area contributed by atoms with E-state index in [-0.39, 0.29) is 24.0 Å². The van der Waals surface area contributed by atoms with Crippen molar-refractivity contribution in [3.63, 3.8) is 0 Å². The Morgan fingerprint density at radius 2 is 1.85 bits per heavy atom. The second kappa shape index (κ2) is 15.7. The Hall–Kier alpha value is -2.37. The molecular formula is C31H48N4O6. The topological polar surface area (TPSA) is 111 Å². The van der Waals surface area contributed by atoms with Crippen LogP contribution in [0.1, 0.15) is 83.4 Å². The molecule has 1 unspecified atom stereocenters. The summed E-state index contributed by atoms with van der Waals surface area (Å²) in [6.45, 7) is 10.3. The van der Waals surface area contributed by atoms with Gasteiger partial charge in [0.2, 0.25) is 0 Å². The van der Waals surface area contributed by atoms with E-state index in [0.717, 1.165) is 63.7 Å². The van der Waals surface area contributed by atoms with Crippen LogP contribution in [0.4, 0.5) is 0 Å². The summed E-state index contributed by atoms with van der Waals surface area (Å²) in [5, 5.41) is 3.74. The molecular weight excluding hydrogens is 524 g/mol. The Balaban J connectivity index is 1.19. The Morgan fingerprint density at radius 1 is 1.12 bits per heavy atom. The van der Waals surface area contributed by atoms with Crippen molar-refractivity contribution in [2.75, 3.05) is 32.9 Å². The van der Waals surface area contributed by atoms with Gasteiger partial charge < -0.3 is 14.2 Å². The molecule has 10 nitrogen and oxygen atoms in total. The molecule has 2 saturated heterocycles. The number of likely N-dealkylation sites (tertiary alicyclic amines) is 1. The van der Waals surface area contributed by atoms with Crippen LogP contribution in [0.3, 0.4) is 0 Å². The first kappa shape index (κ1) is 31.6. The molecule has 41 heavy (non-hydrogen) atoms. The maximum Gasteiger partial charge on any atom is 0.326 e. The molecule has 0 bridgehead atoms. The van der Waals surface area contributed by atoms with Gasteiger partial charge in [0.25, 0.3) is 5.91 Å². The van der Waals surface area contributed by atoms with Gasteiger partial charge in [0.1, 0.15) is 11.6 Å². The zero-order valence-electron chi connectivity index (χ0n) is 24.9. The molecule has 228 valence electrons. The van der Waals surface area contributed by atoms with Crippen LogP contribution >= 0.6 is 0 Å². The zero-order valence-corrected chi connectivity index (χ0v) is 24.9. The summed E-state index contributed by atoms with van der Waals surface area (Å²) in [6.07, 6.45) is 12.0. The third-order valence-electron chi connectivity index (χ3n) is 8.03. The number of amides is 1. The van der Waals surface area contributed by atoms with Gasteiger partial charge in [-0.3, -0.25) is 24.8 Å². The fourth-order valence-corrected chi connectivity index (χ4v) is 5.61. The summed E-state index contributed by atoms with van der Waals surface area (Å²) in [5.74, 6) is -0.0605. The van der Waals surface area contributed by atoms with Crippen molar-refractivity contribution in [3.8, 4) is 0 Å². The number of ether oxygens (including phenoxy) is 3. The molecule has 2 N–H and O–H groups in total. The number of aromatic nitrogens is 1. The summed E-state index contributed by atoms with van der Waals surface area (Å²) >= 11 is 0. The highest BCUT2D eigenvalue weighted by atomic mass is 16.8. The smallest absolute Gasteiger partial charge is 0.326 e. The first-order valence-corrected chi connectivity index (χ1v) is 15.3. The number of pyridine rings is 1. The van der Waals surface area contributed by atoms with Gasteiger partial charge >= 0.3 is 5.97 Å². The van der Waals surface area contributed by atoms with Crippen LogP contribution in [-0.4, -0.2) is 78.6 Å². The minimum absolute atomic E-state index is 0.0782. The van der Waals surface area contributed by atoms with Crippen LogP contribution in [0.15, 0.2) is 24.4 Å². The van der Waals surface area contributed by atoms with Crippen molar-refractivity contribution in [1.29, 1.82) is 0 Å². The predicted molar refractivity (Wildman–Crippen MR) is 155 cm³/mol. The summed E-state index contributed by atoms with van der Waals surface area (Å²) in [4.78, 5) is 37.4. The summed E-state index contributed by atoms with van der Waals surface area (Å²) in [6, 6.07) is 4.24. The molecule has 3 fully saturated rings. The molecule has 0 radical (unpaired) electrons. The average molecular weight is 573 g/mol. The van der Waals surface area contributed by atoms with Crippen molar-refractivity contribution >= 4 is 18.0 Å². The van der Waals surface area contributed by atoms with Gasteiger partial charge in [-0.1, -0.05) is 19.9 Å². The molecule has 1 aromatic rings. The van der Waals surface area contributed by atoms with E-state index >= 15 is 0 Å². The van der Waals surface area contributed by atoms with Crippen molar-refractivity contribution in [1.82, 2.24) is 20.7 Å². The Labute approximate surface area is 244 Å². The molecule has 0 spiro atoms. The molecule has 1 aliphatic carbocycles. The average Bonchev–Trinajstić information content (AvgIpc) is 3.49. The van der Waals surface area contributed by atoms with Gasteiger partial charge in [0.15, 0.2) is 6.29 Å². The largest absolute Gasteiger partial charge is 0.461 e. The van der Waals surface area contributed by atoms with Crippen molar-refractivity contribution in [2.45, 2.75) is 103 Å². The standard InChI is InChI=1S/C31H48N4O6/c1-23(2)22-39-24(3)41-34-29(36)11-10-26-9-8-25(20-32-26)21-35-16-12-27(13-17-35)33-31(14-18-38-19-15-31)30(37)40-28-6-4-5-7-28/h8-11,20,23-24,27-28,33H,4-7,12-19,21-22H2,1-3H3,(H,34,36)/b11-10+. The van der Waals surface area contributed by atoms with Crippen molar-refractivity contribution in [3.05, 3.63) is 35.7 Å². The normalized spacial score (nSPS) is 21.4. The van der Waals surface area contributed by atoms with Crippen LogP contribution in [0.25, 0.3) is 6.08 Å². The number of esters is 1. The molecule has 1 saturated carbocycles. The van der Waals surface area contributed by atoms with Crippen molar-refractivity contribution < 1.29 is 28.6 Å². The highest BCUT2D eigenvalue weighted by Gasteiger charge is 2.44. The molecule has 0 aromatic carbocycles. The molecule has 1 amide bonds. The van der Waals surface area contributed by atoms with Gasteiger partial charge in [-0.25, -0.2) is 10.3 Å². The lowest BCUT2D eigenvalue weighted by molar-refractivity contribution is -0.180. The van der Waals surface area contributed by atoms with E-state index < -0.39 is 11.8 Å². The second-order valence-corrected chi connectivity index (χ2v) is 12.0. The first-order chi connectivity index (χ1) is 19.8. The van der Waals surface area contributed by atoms with E-state index in [1.807, 2.05) is 32.2 Å². The van der Waals surface area contributed by atoms with Gasteiger partial charge in [-0.15, -0.1) is 0 Å². The fraction of sp³-hybridized carbons (Fsp3) is 0.710. The van der Waals surface area contributed by atoms with E-state index in [4.69, 9.17) is 19.0 Å². The van der Waals surface area contributed by atoms with Crippen LogP contribution in [0.2, 0.25) is 0 Å². The third kappa shape index (κ3) is 10.1. The fourth-order valence-electron chi connectivity index (χ4n) is 5.61. The predicted octanol–water partition coefficient (Wildman–Crippen LogP) is 3.75. The molecule has 1 aromatic heterocycles. The number of rotatable bonds is 13. The van der Waals surface area contributed by atoms with Gasteiger partial charge in [-0.2, -0.15) is 0 Å². The van der Waals surface area contributed by atoms with E-state index in [1.54, 1.807) is 13.0 Å². The SMILES string of the molecule is CC(C)COC(C)ONC(=O)/C=C/c1ccc(CN2CCC(NC3(C(=O)OC4CCCC4)CCOCC3)CC2)cn1. The number of hydrogen-bond donors (Lipinski definition) is 2. The molecule has 3 aliphatic rings. The Bertz CT molecular complexity index is 981. The Kier molecular flexibility index (Phi) is 12.1.